The van der Waals surface area contributed by atoms with E-state index in [1.54, 1.807) is 25.3 Å². The van der Waals surface area contributed by atoms with Gasteiger partial charge in [-0.1, -0.05) is 36.4 Å². The van der Waals surface area contributed by atoms with Crippen LogP contribution in [0.5, 0.6) is 5.75 Å². The highest BCUT2D eigenvalue weighted by molar-refractivity contribution is 6.09. The van der Waals surface area contributed by atoms with Gasteiger partial charge in [-0.25, -0.2) is 14.2 Å². The molecule has 1 unspecified atom stereocenters. The van der Waals surface area contributed by atoms with Gasteiger partial charge in [-0.2, -0.15) is 0 Å². The standard InChI is InChI=1S/C23H18FNO3/c1-14(16-5-6-18-13-20(27-2)10-7-17(18)12-16)22-25-21(23(26)28-22)11-15-3-8-19(24)9-4-15/h3-14H,1-2H3. The van der Waals surface area contributed by atoms with Crippen molar-refractivity contribution in [1.82, 2.24) is 0 Å². The van der Waals surface area contributed by atoms with E-state index in [0.717, 1.165) is 22.1 Å². The Balaban J connectivity index is 1.62. The molecule has 3 aromatic carbocycles. The summed E-state index contributed by atoms with van der Waals surface area (Å²) in [6, 6.07) is 17.8. The third-order valence-corrected chi connectivity index (χ3v) is 4.75. The maximum Gasteiger partial charge on any atom is 0.363 e. The third-order valence-electron chi connectivity index (χ3n) is 4.75. The number of fused-ring (bicyclic) bond motifs is 1. The molecule has 0 spiro atoms. The minimum Gasteiger partial charge on any atom is -0.497 e. The van der Waals surface area contributed by atoms with Gasteiger partial charge < -0.3 is 9.47 Å². The Morgan fingerprint density at radius 3 is 2.50 bits per heavy atom. The fourth-order valence-corrected chi connectivity index (χ4v) is 3.11. The Labute approximate surface area is 161 Å². The van der Waals surface area contributed by atoms with Crippen LogP contribution in [0.25, 0.3) is 16.8 Å². The van der Waals surface area contributed by atoms with E-state index in [0.29, 0.717) is 11.5 Å². The number of cyclic esters (lactones) is 1. The number of carbonyl (C=O) groups is 1. The summed E-state index contributed by atoms with van der Waals surface area (Å²) in [6.45, 7) is 1.94. The van der Waals surface area contributed by atoms with Gasteiger partial charge in [-0.05, 0) is 59.2 Å². The van der Waals surface area contributed by atoms with Gasteiger partial charge in [0.1, 0.15) is 11.6 Å². The summed E-state index contributed by atoms with van der Waals surface area (Å²) in [6.07, 6.45) is 1.59. The minimum atomic E-state index is -0.503. The first kappa shape index (κ1) is 17.9. The zero-order valence-corrected chi connectivity index (χ0v) is 15.5. The van der Waals surface area contributed by atoms with Crippen molar-refractivity contribution in [3.8, 4) is 5.75 Å². The van der Waals surface area contributed by atoms with Crippen LogP contribution in [0.1, 0.15) is 24.0 Å². The van der Waals surface area contributed by atoms with Crippen molar-refractivity contribution in [3.63, 3.8) is 0 Å². The van der Waals surface area contributed by atoms with Crippen LogP contribution >= 0.6 is 0 Å². The molecule has 140 valence electrons. The highest BCUT2D eigenvalue weighted by atomic mass is 19.1. The molecule has 0 fully saturated rings. The second kappa shape index (κ2) is 7.27. The molecule has 28 heavy (non-hydrogen) atoms. The van der Waals surface area contributed by atoms with Crippen LogP contribution in [-0.4, -0.2) is 19.0 Å². The van der Waals surface area contributed by atoms with Crippen molar-refractivity contribution in [1.29, 1.82) is 0 Å². The zero-order chi connectivity index (χ0) is 19.7. The molecule has 0 N–H and O–H groups in total. The second-order valence-corrected chi connectivity index (χ2v) is 6.61. The number of nitrogens with zero attached hydrogens (tertiary/aromatic N) is 1. The van der Waals surface area contributed by atoms with Crippen LogP contribution in [0.4, 0.5) is 4.39 Å². The fourth-order valence-electron chi connectivity index (χ4n) is 3.11. The van der Waals surface area contributed by atoms with Crippen molar-refractivity contribution < 1.29 is 18.7 Å². The van der Waals surface area contributed by atoms with Crippen molar-refractivity contribution in [3.05, 3.63) is 83.3 Å². The second-order valence-electron chi connectivity index (χ2n) is 6.61. The number of carbonyl (C=O) groups excluding carboxylic acids is 1. The van der Waals surface area contributed by atoms with E-state index >= 15 is 0 Å². The van der Waals surface area contributed by atoms with Crippen LogP contribution in [0.3, 0.4) is 0 Å². The van der Waals surface area contributed by atoms with Gasteiger partial charge in [0.05, 0.1) is 13.0 Å². The summed E-state index contributed by atoms with van der Waals surface area (Å²) in [7, 11) is 1.64. The highest BCUT2D eigenvalue weighted by Gasteiger charge is 2.27. The van der Waals surface area contributed by atoms with E-state index in [4.69, 9.17) is 9.47 Å². The maximum absolute atomic E-state index is 13.0. The molecule has 0 amide bonds. The van der Waals surface area contributed by atoms with Crippen LogP contribution < -0.4 is 4.74 Å². The first-order valence-electron chi connectivity index (χ1n) is 8.89. The molecule has 1 heterocycles. The monoisotopic (exact) mass is 375 g/mol. The molecule has 0 aromatic heterocycles. The van der Waals surface area contributed by atoms with Crippen molar-refractivity contribution in [2.75, 3.05) is 7.11 Å². The maximum atomic E-state index is 13.0. The fraction of sp³-hybridized carbons (Fsp3) is 0.130. The molecular formula is C23H18FNO3. The van der Waals surface area contributed by atoms with E-state index in [1.807, 2.05) is 37.3 Å². The number of esters is 1. The summed E-state index contributed by atoms with van der Waals surface area (Å²) >= 11 is 0. The van der Waals surface area contributed by atoms with Gasteiger partial charge in [-0.3, -0.25) is 0 Å². The SMILES string of the molecule is COc1ccc2cc(C(C)C3=NC(=Cc4ccc(F)cc4)C(=O)O3)ccc2c1. The lowest BCUT2D eigenvalue weighted by atomic mass is 9.97. The van der Waals surface area contributed by atoms with E-state index in [-0.39, 0.29) is 17.4 Å². The average molecular weight is 375 g/mol. The third kappa shape index (κ3) is 3.51. The van der Waals surface area contributed by atoms with Gasteiger partial charge in [0.2, 0.25) is 5.90 Å². The van der Waals surface area contributed by atoms with Gasteiger partial charge in [0, 0.05) is 0 Å². The van der Waals surface area contributed by atoms with E-state index < -0.39 is 5.97 Å². The molecule has 5 heteroatoms. The molecule has 0 radical (unpaired) electrons. The topological polar surface area (TPSA) is 47.9 Å². The lowest BCUT2D eigenvalue weighted by molar-refractivity contribution is -0.130. The predicted molar refractivity (Wildman–Crippen MR) is 107 cm³/mol. The molecule has 4 nitrogen and oxygen atoms in total. The number of aliphatic imine (C=N–C) groups is 1. The Morgan fingerprint density at radius 2 is 1.75 bits per heavy atom. The first-order valence-corrected chi connectivity index (χ1v) is 8.89. The molecule has 4 rings (SSSR count). The quantitative estimate of drug-likeness (QED) is 0.471. The molecule has 0 saturated carbocycles. The van der Waals surface area contributed by atoms with E-state index in [9.17, 15) is 9.18 Å². The lowest BCUT2D eigenvalue weighted by Gasteiger charge is -2.12. The Bertz CT molecular complexity index is 1120. The summed E-state index contributed by atoms with van der Waals surface area (Å²) in [5.41, 5.74) is 1.89. The first-order chi connectivity index (χ1) is 13.5. The number of hydrogen-bond donors (Lipinski definition) is 0. The van der Waals surface area contributed by atoms with Crippen LogP contribution in [0.2, 0.25) is 0 Å². The molecule has 3 aromatic rings. The van der Waals surface area contributed by atoms with Gasteiger partial charge in [0.25, 0.3) is 0 Å². The number of benzene rings is 3. The molecule has 1 aliphatic heterocycles. The van der Waals surface area contributed by atoms with Crippen molar-refractivity contribution in [2.24, 2.45) is 4.99 Å². The largest absolute Gasteiger partial charge is 0.497 e. The molecule has 0 aliphatic carbocycles. The minimum absolute atomic E-state index is 0.186. The van der Waals surface area contributed by atoms with Gasteiger partial charge in [-0.15, -0.1) is 0 Å². The Kier molecular flexibility index (Phi) is 4.65. The van der Waals surface area contributed by atoms with Gasteiger partial charge in [0.15, 0.2) is 5.70 Å². The van der Waals surface area contributed by atoms with E-state index in [2.05, 4.69) is 11.1 Å². The van der Waals surface area contributed by atoms with E-state index in [1.165, 1.54) is 12.1 Å². The van der Waals surface area contributed by atoms with Crippen LogP contribution in [-0.2, 0) is 9.53 Å². The van der Waals surface area contributed by atoms with Crippen LogP contribution in [0, 0.1) is 5.82 Å². The molecule has 1 atom stereocenters. The molecule has 0 saturated heterocycles. The van der Waals surface area contributed by atoms with Crippen molar-refractivity contribution >= 4 is 28.7 Å². The summed E-state index contributed by atoms with van der Waals surface area (Å²) < 4.78 is 23.7. The Hall–Kier alpha value is -3.47. The lowest BCUT2D eigenvalue weighted by Crippen LogP contribution is -2.11. The normalized spacial score (nSPS) is 16.2. The molecular weight excluding hydrogens is 357 g/mol. The number of halogens is 1. The smallest absolute Gasteiger partial charge is 0.363 e. The summed E-state index contributed by atoms with van der Waals surface area (Å²) in [5, 5.41) is 2.13. The number of rotatable bonds is 4. The number of hydrogen-bond acceptors (Lipinski definition) is 4. The highest BCUT2D eigenvalue weighted by Crippen LogP contribution is 2.28. The van der Waals surface area contributed by atoms with Crippen LogP contribution in [0.15, 0.2) is 71.4 Å². The molecule has 1 aliphatic rings. The predicted octanol–water partition coefficient (Wildman–Crippen LogP) is 5.09. The number of ether oxygens (including phenoxy) is 2. The Morgan fingerprint density at radius 1 is 1.04 bits per heavy atom. The van der Waals surface area contributed by atoms with Crippen molar-refractivity contribution in [2.45, 2.75) is 12.8 Å². The zero-order valence-electron chi connectivity index (χ0n) is 15.5. The average Bonchev–Trinajstić information content (AvgIpc) is 3.08. The van der Waals surface area contributed by atoms with Gasteiger partial charge >= 0.3 is 5.97 Å². The summed E-state index contributed by atoms with van der Waals surface area (Å²) in [4.78, 5) is 16.5. The summed E-state index contributed by atoms with van der Waals surface area (Å²) in [5.74, 6) is 0.137. The number of methoxy groups -OCH3 is 1. The molecule has 0 bridgehead atoms.